The SMILES string of the molecule is C=C/C=C\C1=C(C)c2ccc(-c3nc(C)nc(-c4ccccc4)n3)cc2C12c1ccccc1-c1ccccc12. The van der Waals surface area contributed by atoms with Crippen molar-refractivity contribution in [1.29, 1.82) is 0 Å². The van der Waals surface area contributed by atoms with Gasteiger partial charge in [-0.3, -0.25) is 0 Å². The second kappa shape index (κ2) is 8.85. The summed E-state index contributed by atoms with van der Waals surface area (Å²) < 4.78 is 0. The van der Waals surface area contributed by atoms with Crippen molar-refractivity contribution in [3.8, 4) is 33.9 Å². The largest absolute Gasteiger partial charge is 0.213 e. The highest BCUT2D eigenvalue weighted by molar-refractivity contribution is 5.95. The van der Waals surface area contributed by atoms with Crippen LogP contribution in [0.2, 0.25) is 0 Å². The molecule has 2 aliphatic carbocycles. The Labute approximate surface area is 229 Å². The first kappa shape index (κ1) is 23.2. The average molecular weight is 502 g/mol. The topological polar surface area (TPSA) is 38.7 Å². The summed E-state index contributed by atoms with van der Waals surface area (Å²) in [6.07, 6.45) is 6.15. The molecule has 0 amide bonds. The van der Waals surface area contributed by atoms with Gasteiger partial charge in [-0.05, 0) is 64.4 Å². The van der Waals surface area contributed by atoms with E-state index in [0.717, 1.165) is 11.1 Å². The lowest BCUT2D eigenvalue weighted by Gasteiger charge is -2.31. The summed E-state index contributed by atoms with van der Waals surface area (Å²) in [6, 6.07) is 34.4. The fourth-order valence-electron chi connectivity index (χ4n) is 6.45. The number of aromatic nitrogens is 3. The first-order valence-corrected chi connectivity index (χ1v) is 13.3. The van der Waals surface area contributed by atoms with Gasteiger partial charge < -0.3 is 0 Å². The molecule has 2 aliphatic rings. The van der Waals surface area contributed by atoms with Crippen LogP contribution >= 0.6 is 0 Å². The van der Waals surface area contributed by atoms with Crippen LogP contribution in [0.3, 0.4) is 0 Å². The fraction of sp³-hybridized carbons (Fsp3) is 0.0833. The quantitative estimate of drug-likeness (QED) is 0.232. The molecule has 186 valence electrons. The Balaban J connectivity index is 1.51. The van der Waals surface area contributed by atoms with Crippen LogP contribution in [-0.2, 0) is 5.41 Å². The highest BCUT2D eigenvalue weighted by Gasteiger charge is 2.51. The van der Waals surface area contributed by atoms with Crippen LogP contribution in [0.25, 0.3) is 39.5 Å². The van der Waals surface area contributed by atoms with Crippen molar-refractivity contribution in [3.63, 3.8) is 0 Å². The van der Waals surface area contributed by atoms with Gasteiger partial charge in [-0.2, -0.15) is 0 Å². The second-order valence-corrected chi connectivity index (χ2v) is 10.1. The number of benzene rings is 4. The summed E-state index contributed by atoms with van der Waals surface area (Å²) in [4.78, 5) is 14.4. The zero-order chi connectivity index (χ0) is 26.6. The van der Waals surface area contributed by atoms with Gasteiger partial charge in [-0.1, -0.05) is 116 Å². The summed E-state index contributed by atoms with van der Waals surface area (Å²) in [5, 5.41) is 0. The van der Waals surface area contributed by atoms with E-state index in [4.69, 9.17) is 9.97 Å². The first-order valence-electron chi connectivity index (χ1n) is 13.3. The van der Waals surface area contributed by atoms with Crippen LogP contribution in [0, 0.1) is 6.92 Å². The maximum Gasteiger partial charge on any atom is 0.163 e. The van der Waals surface area contributed by atoms with E-state index in [1.165, 1.54) is 44.5 Å². The van der Waals surface area contributed by atoms with Gasteiger partial charge in [0.2, 0.25) is 0 Å². The molecule has 1 aromatic heterocycles. The van der Waals surface area contributed by atoms with E-state index in [1.54, 1.807) is 0 Å². The molecule has 39 heavy (non-hydrogen) atoms. The molecule has 0 fully saturated rings. The van der Waals surface area contributed by atoms with Crippen LogP contribution in [-0.4, -0.2) is 15.0 Å². The van der Waals surface area contributed by atoms with Gasteiger partial charge in [0.15, 0.2) is 11.6 Å². The molecule has 5 aromatic rings. The zero-order valence-electron chi connectivity index (χ0n) is 22.0. The van der Waals surface area contributed by atoms with E-state index >= 15 is 0 Å². The minimum atomic E-state index is -0.424. The molecule has 0 radical (unpaired) electrons. The average Bonchev–Trinajstić information content (AvgIpc) is 3.41. The smallest absolute Gasteiger partial charge is 0.163 e. The number of aryl methyl sites for hydroxylation is 1. The zero-order valence-corrected chi connectivity index (χ0v) is 22.0. The summed E-state index contributed by atoms with van der Waals surface area (Å²) >= 11 is 0. The second-order valence-electron chi connectivity index (χ2n) is 10.1. The minimum Gasteiger partial charge on any atom is -0.213 e. The minimum absolute atomic E-state index is 0.424. The number of hydrogen-bond donors (Lipinski definition) is 0. The number of hydrogen-bond acceptors (Lipinski definition) is 3. The first-order chi connectivity index (χ1) is 19.1. The van der Waals surface area contributed by atoms with Crippen LogP contribution in [0.5, 0.6) is 0 Å². The Morgan fingerprint density at radius 3 is 1.90 bits per heavy atom. The van der Waals surface area contributed by atoms with Gasteiger partial charge in [-0.25, -0.2) is 15.0 Å². The van der Waals surface area contributed by atoms with Gasteiger partial charge in [0.1, 0.15) is 5.82 Å². The highest BCUT2D eigenvalue weighted by atomic mass is 15.0. The fourth-order valence-corrected chi connectivity index (χ4v) is 6.45. The Morgan fingerprint density at radius 2 is 1.23 bits per heavy atom. The molecule has 0 unspecified atom stereocenters. The van der Waals surface area contributed by atoms with Gasteiger partial charge in [-0.15, -0.1) is 0 Å². The normalized spacial score (nSPS) is 14.5. The summed E-state index contributed by atoms with van der Waals surface area (Å²) in [6.45, 7) is 8.13. The molecule has 0 N–H and O–H groups in total. The van der Waals surface area contributed by atoms with Crippen molar-refractivity contribution < 1.29 is 0 Å². The van der Waals surface area contributed by atoms with Crippen molar-refractivity contribution in [1.82, 2.24) is 15.0 Å². The molecule has 0 saturated carbocycles. The van der Waals surface area contributed by atoms with E-state index in [-0.39, 0.29) is 0 Å². The molecule has 0 atom stereocenters. The third-order valence-electron chi connectivity index (χ3n) is 8.02. The Morgan fingerprint density at radius 1 is 0.615 bits per heavy atom. The molecule has 7 rings (SSSR count). The Bertz CT molecular complexity index is 1800. The maximum absolute atomic E-state index is 4.93. The lowest BCUT2D eigenvalue weighted by atomic mass is 9.69. The number of nitrogens with zero attached hydrogens (tertiary/aromatic N) is 3. The monoisotopic (exact) mass is 501 g/mol. The van der Waals surface area contributed by atoms with E-state index in [1.807, 2.05) is 43.3 Å². The summed E-state index contributed by atoms with van der Waals surface area (Å²) in [5.74, 6) is 2.08. The molecule has 1 heterocycles. The van der Waals surface area contributed by atoms with Crippen LogP contribution in [0.4, 0.5) is 0 Å². The summed E-state index contributed by atoms with van der Waals surface area (Å²) in [5.41, 5.74) is 11.8. The predicted molar refractivity (Wildman–Crippen MR) is 159 cm³/mol. The van der Waals surface area contributed by atoms with Crippen molar-refractivity contribution >= 4 is 5.57 Å². The van der Waals surface area contributed by atoms with Crippen LogP contribution in [0.1, 0.15) is 35.0 Å². The Hall–Kier alpha value is -4.89. The molecule has 0 saturated heterocycles. The number of allylic oxidation sites excluding steroid dienone is 5. The van der Waals surface area contributed by atoms with Gasteiger partial charge >= 0.3 is 0 Å². The van der Waals surface area contributed by atoms with Gasteiger partial charge in [0.05, 0.1) is 5.41 Å². The molecule has 3 nitrogen and oxygen atoms in total. The summed E-state index contributed by atoms with van der Waals surface area (Å²) in [7, 11) is 0. The van der Waals surface area contributed by atoms with E-state index in [0.29, 0.717) is 17.5 Å². The van der Waals surface area contributed by atoms with E-state index in [2.05, 4.69) is 97.4 Å². The van der Waals surface area contributed by atoms with Crippen molar-refractivity contribution in [2.45, 2.75) is 19.3 Å². The molecular weight excluding hydrogens is 474 g/mol. The van der Waals surface area contributed by atoms with Gasteiger partial charge in [0, 0.05) is 11.1 Å². The highest BCUT2D eigenvalue weighted by Crippen LogP contribution is 2.62. The Kier molecular flexibility index (Phi) is 5.27. The van der Waals surface area contributed by atoms with Crippen molar-refractivity contribution in [2.24, 2.45) is 0 Å². The standard InChI is InChI=1S/C36H27N3/c1-4-5-17-30-23(2)27-21-20-26(35-38-24(3)37-34(39-35)25-13-7-6-8-14-25)22-33(27)36(30)31-18-11-9-15-28(31)29-16-10-12-19-32(29)36/h4-22H,1H2,2-3H3/b17-5-. The van der Waals surface area contributed by atoms with Crippen molar-refractivity contribution in [2.75, 3.05) is 0 Å². The number of fused-ring (bicyclic) bond motifs is 7. The van der Waals surface area contributed by atoms with Crippen LogP contribution < -0.4 is 0 Å². The third kappa shape index (κ3) is 3.33. The predicted octanol–water partition coefficient (Wildman–Crippen LogP) is 8.36. The van der Waals surface area contributed by atoms with Crippen LogP contribution in [0.15, 0.2) is 127 Å². The van der Waals surface area contributed by atoms with E-state index in [9.17, 15) is 0 Å². The van der Waals surface area contributed by atoms with E-state index < -0.39 is 5.41 Å². The van der Waals surface area contributed by atoms with Gasteiger partial charge in [0.25, 0.3) is 0 Å². The lowest BCUT2D eigenvalue weighted by molar-refractivity contribution is 0.786. The molecular formula is C36H27N3. The molecule has 0 aliphatic heterocycles. The molecule has 0 bridgehead atoms. The molecule has 3 heteroatoms. The van der Waals surface area contributed by atoms with Crippen molar-refractivity contribution in [3.05, 3.63) is 156 Å². The third-order valence-corrected chi connectivity index (χ3v) is 8.02. The molecule has 1 spiro atoms. The number of rotatable bonds is 4. The lowest BCUT2D eigenvalue weighted by Crippen LogP contribution is -2.26. The molecule has 4 aromatic carbocycles. The maximum atomic E-state index is 4.93.